The van der Waals surface area contributed by atoms with Crippen LogP contribution < -0.4 is 0 Å². The fourth-order valence-electron chi connectivity index (χ4n) is 1.68. The quantitative estimate of drug-likeness (QED) is 0.708. The van der Waals surface area contributed by atoms with E-state index in [1.165, 1.54) is 6.92 Å². The largest absolute Gasteiger partial charge is 0.228 e. The molecule has 21 heavy (non-hydrogen) atoms. The lowest BCUT2D eigenvalue weighted by Gasteiger charge is -2.13. The van der Waals surface area contributed by atoms with E-state index >= 15 is 0 Å². The third kappa shape index (κ3) is 3.56. The van der Waals surface area contributed by atoms with Crippen molar-refractivity contribution in [1.82, 2.24) is 9.97 Å². The molecular weight excluding hydrogens is 399 g/mol. The van der Waals surface area contributed by atoms with Gasteiger partial charge in [-0.1, -0.05) is 57.3 Å². The van der Waals surface area contributed by atoms with E-state index in [0.29, 0.717) is 5.56 Å². The van der Waals surface area contributed by atoms with Crippen molar-refractivity contribution in [3.63, 3.8) is 0 Å². The van der Waals surface area contributed by atoms with Crippen molar-refractivity contribution in [2.75, 3.05) is 6.26 Å². The molecule has 0 saturated carbocycles. The monoisotopic (exact) mass is 408 g/mol. The molecule has 1 atom stereocenters. The van der Waals surface area contributed by atoms with Crippen LogP contribution in [-0.4, -0.2) is 24.6 Å². The molecule has 0 bridgehead atoms. The number of nitrogens with zero attached hydrogens (tertiary/aromatic N) is 2. The zero-order valence-corrected chi connectivity index (χ0v) is 15.1. The zero-order valence-electron chi connectivity index (χ0n) is 11.1. The second-order valence-electron chi connectivity index (χ2n) is 4.49. The first-order chi connectivity index (χ1) is 9.71. The molecule has 112 valence electrons. The van der Waals surface area contributed by atoms with Gasteiger partial charge >= 0.3 is 0 Å². The highest BCUT2D eigenvalue weighted by atomic mass is 79.9. The minimum atomic E-state index is -3.33. The van der Waals surface area contributed by atoms with Gasteiger partial charge in [0.15, 0.2) is 9.84 Å². The number of sulfone groups is 1. The maximum Gasteiger partial charge on any atom is 0.157 e. The number of rotatable bonds is 3. The van der Waals surface area contributed by atoms with E-state index in [1.54, 1.807) is 0 Å². The molecule has 0 aliphatic heterocycles. The molecular formula is C13H11BrCl2N2O2S. The molecule has 4 nitrogen and oxygen atoms in total. The van der Waals surface area contributed by atoms with E-state index < -0.39 is 15.1 Å². The van der Waals surface area contributed by atoms with E-state index in [9.17, 15) is 8.42 Å². The summed E-state index contributed by atoms with van der Waals surface area (Å²) in [6.45, 7) is 1.50. The molecule has 1 aromatic heterocycles. The molecule has 2 rings (SSSR count). The Morgan fingerprint density at radius 3 is 2.14 bits per heavy atom. The average molecular weight is 410 g/mol. The van der Waals surface area contributed by atoms with Gasteiger partial charge in [-0.25, -0.2) is 18.4 Å². The van der Waals surface area contributed by atoms with E-state index in [2.05, 4.69) is 25.9 Å². The summed E-state index contributed by atoms with van der Waals surface area (Å²) in [5.41, 5.74) is 1.21. The Bertz CT molecular complexity index is 774. The molecule has 1 aromatic carbocycles. The van der Waals surface area contributed by atoms with Gasteiger partial charge in [-0.15, -0.1) is 0 Å². The standard InChI is InChI=1S/C13H11BrCl2N2O2S/c1-7(21(2,19)20)13-17-11(15)10(12(16)18-13)8-5-3-4-6-9(8)14/h3-7H,1-2H3. The van der Waals surface area contributed by atoms with E-state index in [0.717, 1.165) is 16.3 Å². The molecule has 1 unspecified atom stereocenters. The number of hydrogen-bond donors (Lipinski definition) is 0. The van der Waals surface area contributed by atoms with Crippen LogP contribution in [0, 0.1) is 0 Å². The Morgan fingerprint density at radius 2 is 1.67 bits per heavy atom. The maximum absolute atomic E-state index is 11.6. The van der Waals surface area contributed by atoms with Gasteiger partial charge in [0.05, 0.1) is 5.56 Å². The van der Waals surface area contributed by atoms with Crippen molar-refractivity contribution in [3.8, 4) is 11.1 Å². The van der Waals surface area contributed by atoms with Gasteiger partial charge in [-0.2, -0.15) is 0 Å². The first kappa shape index (κ1) is 16.7. The van der Waals surface area contributed by atoms with Crippen molar-refractivity contribution in [2.45, 2.75) is 12.2 Å². The molecule has 2 aromatic rings. The summed E-state index contributed by atoms with van der Waals surface area (Å²) >= 11 is 15.8. The minimum absolute atomic E-state index is 0.0864. The van der Waals surface area contributed by atoms with Crippen LogP contribution in [0.2, 0.25) is 10.3 Å². The summed E-state index contributed by atoms with van der Waals surface area (Å²) < 4.78 is 24.0. The number of hydrogen-bond acceptors (Lipinski definition) is 4. The number of aromatic nitrogens is 2. The smallest absolute Gasteiger partial charge is 0.157 e. The summed E-state index contributed by atoms with van der Waals surface area (Å²) in [7, 11) is -3.33. The molecule has 0 aliphatic carbocycles. The first-order valence-electron chi connectivity index (χ1n) is 5.88. The number of benzene rings is 1. The highest BCUT2D eigenvalue weighted by molar-refractivity contribution is 9.10. The molecule has 0 radical (unpaired) electrons. The third-order valence-corrected chi connectivity index (χ3v) is 5.72. The maximum atomic E-state index is 11.6. The zero-order chi connectivity index (χ0) is 15.8. The predicted molar refractivity (Wildman–Crippen MR) is 88.4 cm³/mol. The van der Waals surface area contributed by atoms with Crippen molar-refractivity contribution in [3.05, 3.63) is 44.9 Å². The summed E-state index contributed by atoms with van der Waals surface area (Å²) in [6.07, 6.45) is 1.12. The lowest BCUT2D eigenvalue weighted by Crippen LogP contribution is -2.12. The second kappa shape index (κ2) is 6.20. The van der Waals surface area contributed by atoms with Crippen LogP contribution in [0.1, 0.15) is 18.0 Å². The van der Waals surface area contributed by atoms with Crippen LogP contribution in [0.3, 0.4) is 0 Å². The van der Waals surface area contributed by atoms with Gasteiger partial charge in [0, 0.05) is 16.3 Å². The van der Waals surface area contributed by atoms with Crippen molar-refractivity contribution >= 4 is 49.0 Å². The van der Waals surface area contributed by atoms with Gasteiger partial charge in [-0.3, -0.25) is 0 Å². The molecule has 0 fully saturated rings. The second-order valence-corrected chi connectivity index (χ2v) is 8.43. The minimum Gasteiger partial charge on any atom is -0.228 e. The molecule has 0 spiro atoms. The van der Waals surface area contributed by atoms with Crippen LogP contribution in [-0.2, 0) is 9.84 Å². The first-order valence-corrected chi connectivity index (χ1v) is 9.39. The van der Waals surface area contributed by atoms with Crippen LogP contribution >= 0.6 is 39.1 Å². The van der Waals surface area contributed by atoms with Crippen molar-refractivity contribution in [1.29, 1.82) is 0 Å². The third-order valence-electron chi connectivity index (χ3n) is 2.99. The van der Waals surface area contributed by atoms with E-state index in [1.807, 2.05) is 24.3 Å². The lowest BCUT2D eigenvalue weighted by atomic mass is 10.1. The van der Waals surface area contributed by atoms with E-state index in [4.69, 9.17) is 23.2 Å². The van der Waals surface area contributed by atoms with Crippen LogP contribution in [0.4, 0.5) is 0 Å². The normalized spacial score (nSPS) is 13.2. The summed E-state index contributed by atoms with van der Waals surface area (Å²) in [6, 6.07) is 7.35. The highest BCUT2D eigenvalue weighted by Crippen LogP contribution is 2.37. The SMILES string of the molecule is CC(c1nc(Cl)c(-c2ccccc2Br)c(Cl)n1)S(C)(=O)=O. The van der Waals surface area contributed by atoms with Crippen LogP contribution in [0.5, 0.6) is 0 Å². The van der Waals surface area contributed by atoms with Gasteiger partial charge in [0.1, 0.15) is 21.4 Å². The Morgan fingerprint density at radius 1 is 1.14 bits per heavy atom. The van der Waals surface area contributed by atoms with Gasteiger partial charge in [0.25, 0.3) is 0 Å². The Balaban J connectivity index is 2.61. The summed E-state index contributed by atoms with van der Waals surface area (Å²) in [5.74, 6) is 0.0864. The van der Waals surface area contributed by atoms with Gasteiger partial charge in [-0.05, 0) is 13.0 Å². The van der Waals surface area contributed by atoms with E-state index in [-0.39, 0.29) is 16.1 Å². The average Bonchev–Trinajstić information content (AvgIpc) is 2.38. The highest BCUT2D eigenvalue weighted by Gasteiger charge is 2.24. The van der Waals surface area contributed by atoms with Crippen molar-refractivity contribution in [2.24, 2.45) is 0 Å². The van der Waals surface area contributed by atoms with Gasteiger partial charge < -0.3 is 0 Å². The Kier molecular flexibility index (Phi) is 4.92. The van der Waals surface area contributed by atoms with Gasteiger partial charge in [0.2, 0.25) is 0 Å². The Labute approximate surface area is 141 Å². The molecule has 1 heterocycles. The van der Waals surface area contributed by atoms with Crippen LogP contribution in [0.15, 0.2) is 28.7 Å². The fraction of sp³-hybridized carbons (Fsp3) is 0.231. The Hall–Kier alpha value is -0.690. The number of halogens is 3. The summed E-state index contributed by atoms with van der Waals surface area (Å²) in [4.78, 5) is 8.18. The van der Waals surface area contributed by atoms with Crippen molar-refractivity contribution < 1.29 is 8.42 Å². The molecule has 8 heteroatoms. The molecule has 0 aliphatic rings. The molecule has 0 amide bonds. The molecule has 0 N–H and O–H groups in total. The lowest BCUT2D eigenvalue weighted by molar-refractivity contribution is 0.589. The fourth-order valence-corrected chi connectivity index (χ4v) is 3.26. The summed E-state index contributed by atoms with van der Waals surface area (Å²) in [5, 5.41) is -0.638. The predicted octanol–water partition coefficient (Wildman–Crippen LogP) is 4.32. The topological polar surface area (TPSA) is 59.9 Å². The molecule has 0 saturated heterocycles. The van der Waals surface area contributed by atoms with Crippen LogP contribution in [0.25, 0.3) is 11.1 Å².